The van der Waals surface area contributed by atoms with Crippen molar-refractivity contribution in [3.05, 3.63) is 0 Å². The summed E-state index contributed by atoms with van der Waals surface area (Å²) < 4.78 is 19.9. The van der Waals surface area contributed by atoms with Gasteiger partial charge in [0, 0.05) is 13.0 Å². The van der Waals surface area contributed by atoms with Crippen LogP contribution < -0.4 is 0 Å². The van der Waals surface area contributed by atoms with Crippen LogP contribution in [0.1, 0.15) is 26.2 Å². The highest BCUT2D eigenvalue weighted by Gasteiger charge is 2.43. The van der Waals surface area contributed by atoms with Gasteiger partial charge in [-0.2, -0.15) is 0 Å². The van der Waals surface area contributed by atoms with Gasteiger partial charge in [-0.05, 0) is 19.8 Å². The predicted molar refractivity (Wildman–Crippen MR) is 55.4 cm³/mol. The van der Waals surface area contributed by atoms with E-state index < -0.39 is 17.7 Å². The first-order valence-corrected chi connectivity index (χ1v) is 5.75. The van der Waals surface area contributed by atoms with Gasteiger partial charge in [0.25, 0.3) is 0 Å². The van der Waals surface area contributed by atoms with E-state index in [1.165, 1.54) is 6.92 Å². The monoisotopic (exact) mass is 244 g/mol. The number of hydrogen-bond acceptors (Lipinski definition) is 6. The molecule has 2 aliphatic rings. The van der Waals surface area contributed by atoms with Crippen LogP contribution in [-0.4, -0.2) is 43.7 Å². The first kappa shape index (κ1) is 12.2. The summed E-state index contributed by atoms with van der Waals surface area (Å²) in [5.41, 5.74) is -1.23. The minimum atomic E-state index is -1.23. The Morgan fingerprint density at radius 1 is 1.53 bits per heavy atom. The Morgan fingerprint density at radius 2 is 2.35 bits per heavy atom. The van der Waals surface area contributed by atoms with Crippen molar-refractivity contribution < 1.29 is 28.5 Å². The van der Waals surface area contributed by atoms with Crippen LogP contribution in [0.25, 0.3) is 0 Å². The van der Waals surface area contributed by atoms with Crippen LogP contribution in [0.15, 0.2) is 0 Å². The quantitative estimate of drug-likeness (QED) is 0.690. The smallest absolute Gasteiger partial charge is 0.460 e. The van der Waals surface area contributed by atoms with Gasteiger partial charge < -0.3 is 18.9 Å². The average molecular weight is 244 g/mol. The van der Waals surface area contributed by atoms with Crippen LogP contribution in [0.4, 0.5) is 4.79 Å². The molecule has 6 heteroatoms. The zero-order valence-electron chi connectivity index (χ0n) is 9.77. The standard InChI is InChI=1S/C11H16O6/c1-11(4-6-15-10(13)17-11)9(12)16-7-8-3-2-5-14-8/h8H,2-7H2,1H3. The van der Waals surface area contributed by atoms with E-state index in [1.807, 2.05) is 0 Å². The summed E-state index contributed by atoms with van der Waals surface area (Å²) in [6.07, 6.45) is 1.34. The van der Waals surface area contributed by atoms with Gasteiger partial charge in [-0.15, -0.1) is 0 Å². The van der Waals surface area contributed by atoms with E-state index in [9.17, 15) is 9.59 Å². The van der Waals surface area contributed by atoms with Crippen LogP contribution in [0.2, 0.25) is 0 Å². The Kier molecular flexibility index (Phi) is 3.51. The third-order valence-electron chi connectivity index (χ3n) is 2.96. The van der Waals surface area contributed by atoms with Crippen molar-refractivity contribution in [2.24, 2.45) is 0 Å². The summed E-state index contributed by atoms with van der Waals surface area (Å²) in [4.78, 5) is 22.8. The molecule has 2 rings (SSSR count). The fourth-order valence-corrected chi connectivity index (χ4v) is 1.83. The summed E-state index contributed by atoms with van der Waals surface area (Å²) in [5, 5.41) is 0. The van der Waals surface area contributed by atoms with Crippen molar-refractivity contribution in [2.75, 3.05) is 19.8 Å². The molecule has 2 aliphatic heterocycles. The second-order valence-electron chi connectivity index (χ2n) is 4.41. The molecule has 0 amide bonds. The number of rotatable bonds is 3. The molecule has 2 unspecified atom stereocenters. The summed E-state index contributed by atoms with van der Waals surface area (Å²) in [7, 11) is 0. The zero-order valence-corrected chi connectivity index (χ0v) is 9.77. The topological polar surface area (TPSA) is 71.1 Å². The molecule has 0 aliphatic carbocycles. The van der Waals surface area contributed by atoms with Gasteiger partial charge >= 0.3 is 12.1 Å². The van der Waals surface area contributed by atoms with Crippen LogP contribution >= 0.6 is 0 Å². The minimum absolute atomic E-state index is 0.0295. The molecule has 0 radical (unpaired) electrons. The number of carbonyl (C=O) groups is 2. The van der Waals surface area contributed by atoms with E-state index in [1.54, 1.807) is 0 Å². The molecule has 0 bridgehead atoms. The van der Waals surface area contributed by atoms with Gasteiger partial charge in [0.1, 0.15) is 6.61 Å². The van der Waals surface area contributed by atoms with Crippen molar-refractivity contribution in [1.82, 2.24) is 0 Å². The molecule has 2 fully saturated rings. The van der Waals surface area contributed by atoms with Crippen molar-refractivity contribution >= 4 is 12.1 Å². The first-order valence-electron chi connectivity index (χ1n) is 5.75. The van der Waals surface area contributed by atoms with Gasteiger partial charge in [0.05, 0.1) is 12.7 Å². The lowest BCUT2D eigenvalue weighted by atomic mass is 10.0. The molecule has 96 valence electrons. The van der Waals surface area contributed by atoms with Crippen molar-refractivity contribution in [3.8, 4) is 0 Å². The molecule has 0 spiro atoms. The van der Waals surface area contributed by atoms with E-state index in [0.29, 0.717) is 13.0 Å². The fourth-order valence-electron chi connectivity index (χ4n) is 1.83. The lowest BCUT2D eigenvalue weighted by Gasteiger charge is -2.30. The molecular formula is C11H16O6. The maximum atomic E-state index is 11.8. The van der Waals surface area contributed by atoms with Crippen LogP contribution in [-0.2, 0) is 23.7 Å². The summed E-state index contributed by atoms with van der Waals surface area (Å²) in [6.45, 7) is 2.63. The SMILES string of the molecule is CC1(C(=O)OCC2CCCO2)CCOC(=O)O1. The Bertz CT molecular complexity index is 309. The van der Waals surface area contributed by atoms with Crippen LogP contribution in [0, 0.1) is 0 Å². The van der Waals surface area contributed by atoms with Crippen LogP contribution in [0.3, 0.4) is 0 Å². The Labute approximate surface area is 99.2 Å². The van der Waals surface area contributed by atoms with E-state index >= 15 is 0 Å². The second kappa shape index (κ2) is 4.91. The number of ether oxygens (including phenoxy) is 4. The molecule has 17 heavy (non-hydrogen) atoms. The largest absolute Gasteiger partial charge is 0.509 e. The summed E-state index contributed by atoms with van der Waals surface area (Å²) in [6, 6.07) is 0. The van der Waals surface area contributed by atoms with Gasteiger partial charge in [-0.3, -0.25) is 0 Å². The number of carbonyl (C=O) groups excluding carboxylic acids is 2. The van der Waals surface area contributed by atoms with E-state index in [-0.39, 0.29) is 19.3 Å². The summed E-state index contributed by atoms with van der Waals surface area (Å²) >= 11 is 0. The van der Waals surface area contributed by atoms with E-state index in [2.05, 4.69) is 4.74 Å². The highest BCUT2D eigenvalue weighted by atomic mass is 16.7. The second-order valence-corrected chi connectivity index (χ2v) is 4.41. The predicted octanol–water partition coefficient (Wildman–Crippen LogP) is 1.02. The molecule has 0 saturated carbocycles. The van der Waals surface area contributed by atoms with Crippen molar-refractivity contribution in [2.45, 2.75) is 37.9 Å². The van der Waals surface area contributed by atoms with E-state index in [4.69, 9.17) is 14.2 Å². The van der Waals surface area contributed by atoms with Crippen molar-refractivity contribution in [1.29, 1.82) is 0 Å². The maximum Gasteiger partial charge on any atom is 0.509 e. The molecule has 0 aromatic carbocycles. The average Bonchev–Trinajstić information content (AvgIpc) is 2.78. The van der Waals surface area contributed by atoms with Crippen LogP contribution in [0.5, 0.6) is 0 Å². The fraction of sp³-hybridized carbons (Fsp3) is 0.818. The highest BCUT2D eigenvalue weighted by molar-refractivity contribution is 5.82. The lowest BCUT2D eigenvalue weighted by Crippen LogP contribution is -2.46. The van der Waals surface area contributed by atoms with Gasteiger partial charge in [0.15, 0.2) is 0 Å². The Balaban J connectivity index is 1.83. The normalized spacial score (nSPS) is 32.8. The molecule has 0 aromatic heterocycles. The number of cyclic esters (lactones) is 2. The molecule has 0 aromatic rings. The molecule has 2 atom stereocenters. The molecule has 6 nitrogen and oxygen atoms in total. The Hall–Kier alpha value is -1.30. The number of esters is 1. The summed E-state index contributed by atoms with van der Waals surface area (Å²) in [5.74, 6) is -0.537. The lowest BCUT2D eigenvalue weighted by molar-refractivity contribution is -0.176. The minimum Gasteiger partial charge on any atom is -0.460 e. The van der Waals surface area contributed by atoms with Gasteiger partial charge in [-0.25, -0.2) is 9.59 Å². The first-order chi connectivity index (χ1) is 8.10. The number of hydrogen-bond donors (Lipinski definition) is 0. The maximum absolute atomic E-state index is 11.8. The van der Waals surface area contributed by atoms with Gasteiger partial charge in [-0.1, -0.05) is 0 Å². The van der Waals surface area contributed by atoms with E-state index in [0.717, 1.165) is 12.8 Å². The van der Waals surface area contributed by atoms with Gasteiger partial charge in [0.2, 0.25) is 5.60 Å². The zero-order chi connectivity index (χ0) is 12.3. The highest BCUT2D eigenvalue weighted by Crippen LogP contribution is 2.23. The Morgan fingerprint density at radius 3 is 3.00 bits per heavy atom. The molecular weight excluding hydrogens is 228 g/mol. The molecule has 2 heterocycles. The van der Waals surface area contributed by atoms with Crippen molar-refractivity contribution in [3.63, 3.8) is 0 Å². The third-order valence-corrected chi connectivity index (χ3v) is 2.96. The third kappa shape index (κ3) is 2.88. The molecule has 2 saturated heterocycles. The molecule has 0 N–H and O–H groups in total.